The zero-order valence-electron chi connectivity index (χ0n) is 8.05. The summed E-state index contributed by atoms with van der Waals surface area (Å²) >= 11 is 0. The van der Waals surface area contributed by atoms with Crippen LogP contribution in [-0.2, 0) is 11.3 Å². The van der Waals surface area contributed by atoms with Gasteiger partial charge in [-0.15, -0.1) is 0 Å². The minimum absolute atomic E-state index is 0.301. The molecule has 6 nitrogen and oxygen atoms in total. The smallest absolute Gasteiger partial charge is 0.322 e. The quantitative estimate of drug-likeness (QED) is 0.657. The molecule has 0 aliphatic rings. The van der Waals surface area contributed by atoms with Crippen molar-refractivity contribution >= 4 is 5.97 Å². The predicted molar refractivity (Wildman–Crippen MR) is 49.7 cm³/mol. The van der Waals surface area contributed by atoms with Crippen LogP contribution in [0.15, 0.2) is 12.7 Å². The Morgan fingerprint density at radius 1 is 1.71 bits per heavy atom. The van der Waals surface area contributed by atoms with Gasteiger partial charge in [0.25, 0.3) is 0 Å². The molecule has 1 atom stereocenters. The third-order valence-corrected chi connectivity index (χ3v) is 1.78. The predicted octanol–water partition coefficient (Wildman–Crippen LogP) is -0.269. The second kappa shape index (κ2) is 5.33. The molecule has 1 aromatic rings. The van der Waals surface area contributed by atoms with Gasteiger partial charge in [0.2, 0.25) is 0 Å². The minimum atomic E-state index is -0.867. The Labute approximate surface area is 82.0 Å². The molecule has 1 unspecified atom stereocenters. The van der Waals surface area contributed by atoms with Gasteiger partial charge in [0.15, 0.2) is 0 Å². The number of hydrogen-bond acceptors (Lipinski definition) is 4. The van der Waals surface area contributed by atoms with Crippen LogP contribution in [0.4, 0.5) is 0 Å². The number of carboxylic acids is 1. The maximum Gasteiger partial charge on any atom is 0.322 e. The van der Waals surface area contributed by atoms with Crippen molar-refractivity contribution < 1.29 is 9.90 Å². The zero-order chi connectivity index (χ0) is 10.4. The van der Waals surface area contributed by atoms with Crippen LogP contribution in [0.25, 0.3) is 0 Å². The van der Waals surface area contributed by atoms with Gasteiger partial charge < -0.3 is 10.4 Å². The highest BCUT2D eigenvalue weighted by atomic mass is 16.4. The SMILES string of the molecule is CCCNC(Cn1cncn1)C(=O)O. The van der Waals surface area contributed by atoms with E-state index in [9.17, 15) is 4.79 Å². The molecule has 1 heterocycles. The van der Waals surface area contributed by atoms with E-state index in [2.05, 4.69) is 15.4 Å². The van der Waals surface area contributed by atoms with E-state index in [-0.39, 0.29) is 0 Å². The molecule has 14 heavy (non-hydrogen) atoms. The molecule has 6 heteroatoms. The Morgan fingerprint density at radius 2 is 2.50 bits per heavy atom. The van der Waals surface area contributed by atoms with Gasteiger partial charge >= 0.3 is 5.97 Å². The van der Waals surface area contributed by atoms with Gasteiger partial charge in [0.1, 0.15) is 18.7 Å². The van der Waals surface area contributed by atoms with Crippen LogP contribution >= 0.6 is 0 Å². The molecule has 0 amide bonds. The van der Waals surface area contributed by atoms with E-state index in [1.807, 2.05) is 6.92 Å². The third kappa shape index (κ3) is 3.14. The highest BCUT2D eigenvalue weighted by Crippen LogP contribution is 1.90. The molecule has 2 N–H and O–H groups in total. The molecule has 0 aliphatic carbocycles. The van der Waals surface area contributed by atoms with Gasteiger partial charge in [-0.2, -0.15) is 5.10 Å². The average molecular weight is 198 g/mol. The number of nitrogens with zero attached hydrogens (tertiary/aromatic N) is 3. The summed E-state index contributed by atoms with van der Waals surface area (Å²) in [6.45, 7) is 2.97. The third-order valence-electron chi connectivity index (χ3n) is 1.78. The molecule has 0 saturated carbocycles. The van der Waals surface area contributed by atoms with Crippen LogP contribution in [-0.4, -0.2) is 38.4 Å². The molecule has 0 aliphatic heterocycles. The van der Waals surface area contributed by atoms with Gasteiger partial charge in [0.05, 0.1) is 6.54 Å². The van der Waals surface area contributed by atoms with Crippen LogP contribution in [0.3, 0.4) is 0 Å². The number of rotatable bonds is 6. The van der Waals surface area contributed by atoms with Crippen LogP contribution in [0.2, 0.25) is 0 Å². The normalized spacial score (nSPS) is 12.6. The van der Waals surface area contributed by atoms with Crippen molar-refractivity contribution in [2.45, 2.75) is 25.9 Å². The molecular formula is C8H14N4O2. The van der Waals surface area contributed by atoms with Gasteiger partial charge in [-0.25, -0.2) is 4.98 Å². The molecule has 0 radical (unpaired) electrons. The fourth-order valence-corrected chi connectivity index (χ4v) is 1.06. The lowest BCUT2D eigenvalue weighted by molar-refractivity contribution is -0.139. The summed E-state index contributed by atoms with van der Waals surface area (Å²) in [6, 6.07) is -0.600. The lowest BCUT2D eigenvalue weighted by atomic mass is 10.3. The first-order chi connectivity index (χ1) is 6.74. The van der Waals surface area contributed by atoms with E-state index in [0.717, 1.165) is 6.42 Å². The van der Waals surface area contributed by atoms with Crippen molar-refractivity contribution in [3.63, 3.8) is 0 Å². The Bertz CT molecular complexity index is 273. The number of carboxylic acid groups (broad SMARTS) is 1. The Kier molecular flexibility index (Phi) is 4.06. The van der Waals surface area contributed by atoms with E-state index < -0.39 is 12.0 Å². The molecule has 78 valence electrons. The Hall–Kier alpha value is -1.43. The van der Waals surface area contributed by atoms with Crippen LogP contribution < -0.4 is 5.32 Å². The van der Waals surface area contributed by atoms with Crippen LogP contribution in [0.1, 0.15) is 13.3 Å². The molecule has 0 saturated heterocycles. The zero-order valence-corrected chi connectivity index (χ0v) is 8.05. The van der Waals surface area contributed by atoms with Gasteiger partial charge in [-0.3, -0.25) is 9.48 Å². The molecule has 1 aromatic heterocycles. The Balaban J connectivity index is 2.47. The molecule has 0 spiro atoms. The largest absolute Gasteiger partial charge is 0.480 e. The van der Waals surface area contributed by atoms with E-state index in [1.165, 1.54) is 17.3 Å². The molecule has 0 aromatic carbocycles. The second-order valence-electron chi connectivity index (χ2n) is 2.96. The first-order valence-electron chi connectivity index (χ1n) is 4.52. The molecular weight excluding hydrogens is 184 g/mol. The number of hydrogen-bond donors (Lipinski definition) is 2. The van der Waals surface area contributed by atoms with E-state index in [4.69, 9.17) is 5.11 Å². The van der Waals surface area contributed by atoms with Crippen LogP contribution in [0.5, 0.6) is 0 Å². The summed E-state index contributed by atoms with van der Waals surface area (Å²) in [4.78, 5) is 14.6. The summed E-state index contributed by atoms with van der Waals surface area (Å²) < 4.78 is 1.50. The maximum absolute atomic E-state index is 10.8. The fraction of sp³-hybridized carbons (Fsp3) is 0.625. The minimum Gasteiger partial charge on any atom is -0.480 e. The standard InChI is InChI=1S/C8H14N4O2/c1-2-3-10-7(8(13)14)4-12-6-9-5-11-12/h5-7,10H,2-4H2,1H3,(H,13,14). The number of aliphatic carboxylic acids is 1. The second-order valence-corrected chi connectivity index (χ2v) is 2.96. The van der Waals surface area contributed by atoms with E-state index >= 15 is 0 Å². The highest BCUT2D eigenvalue weighted by molar-refractivity contribution is 5.73. The summed E-state index contributed by atoms with van der Waals surface area (Å²) in [5.41, 5.74) is 0. The number of nitrogens with one attached hydrogen (secondary N) is 1. The van der Waals surface area contributed by atoms with Crippen molar-refractivity contribution in [2.24, 2.45) is 0 Å². The van der Waals surface area contributed by atoms with Crippen molar-refractivity contribution in [1.29, 1.82) is 0 Å². The lowest BCUT2D eigenvalue weighted by Gasteiger charge is -2.12. The van der Waals surface area contributed by atoms with Crippen molar-refractivity contribution in [3.8, 4) is 0 Å². The van der Waals surface area contributed by atoms with Crippen molar-refractivity contribution in [3.05, 3.63) is 12.7 Å². The molecule has 1 rings (SSSR count). The summed E-state index contributed by atoms with van der Waals surface area (Å²) in [7, 11) is 0. The van der Waals surface area contributed by atoms with Crippen molar-refractivity contribution in [2.75, 3.05) is 6.54 Å². The fourth-order valence-electron chi connectivity index (χ4n) is 1.06. The summed E-state index contributed by atoms with van der Waals surface area (Å²) in [5.74, 6) is -0.867. The van der Waals surface area contributed by atoms with Gasteiger partial charge in [-0.1, -0.05) is 6.92 Å². The number of aromatic nitrogens is 3. The van der Waals surface area contributed by atoms with Crippen LogP contribution in [0, 0.1) is 0 Å². The van der Waals surface area contributed by atoms with E-state index in [1.54, 1.807) is 0 Å². The van der Waals surface area contributed by atoms with E-state index in [0.29, 0.717) is 13.1 Å². The monoisotopic (exact) mass is 198 g/mol. The maximum atomic E-state index is 10.8. The summed E-state index contributed by atoms with van der Waals surface area (Å²) in [5, 5.41) is 15.6. The summed E-state index contributed by atoms with van der Waals surface area (Å²) in [6.07, 6.45) is 3.80. The van der Waals surface area contributed by atoms with Crippen molar-refractivity contribution in [1.82, 2.24) is 20.1 Å². The molecule has 0 fully saturated rings. The first-order valence-corrected chi connectivity index (χ1v) is 4.52. The highest BCUT2D eigenvalue weighted by Gasteiger charge is 2.16. The topological polar surface area (TPSA) is 80.0 Å². The number of carbonyl (C=O) groups is 1. The lowest BCUT2D eigenvalue weighted by Crippen LogP contribution is -2.40. The Morgan fingerprint density at radius 3 is 3.00 bits per heavy atom. The van der Waals surface area contributed by atoms with Gasteiger partial charge in [-0.05, 0) is 13.0 Å². The average Bonchev–Trinajstić information content (AvgIpc) is 2.64. The van der Waals surface area contributed by atoms with Gasteiger partial charge in [0, 0.05) is 0 Å². The molecule has 0 bridgehead atoms. The first kappa shape index (κ1) is 10.6.